The van der Waals surface area contributed by atoms with Crippen molar-refractivity contribution in [2.24, 2.45) is 5.41 Å². The first kappa shape index (κ1) is 18.4. The summed E-state index contributed by atoms with van der Waals surface area (Å²) in [6.07, 6.45) is 6.72. The highest BCUT2D eigenvalue weighted by Gasteiger charge is 2.46. The minimum Gasteiger partial charge on any atom is -0.389 e. The summed E-state index contributed by atoms with van der Waals surface area (Å²) in [4.78, 5) is 12.2. The van der Waals surface area contributed by atoms with Crippen molar-refractivity contribution in [1.82, 2.24) is 0 Å². The fourth-order valence-corrected chi connectivity index (χ4v) is 3.24. The molecule has 3 nitrogen and oxygen atoms in total. The third-order valence-electron chi connectivity index (χ3n) is 4.80. The van der Waals surface area contributed by atoms with Gasteiger partial charge in [-0.2, -0.15) is 0 Å². The minimum atomic E-state index is -1.14. The summed E-state index contributed by atoms with van der Waals surface area (Å²) in [5.41, 5.74) is 0.501. The molecule has 2 atom stereocenters. The van der Waals surface area contributed by atoms with Crippen LogP contribution in [-0.4, -0.2) is 27.7 Å². The fourth-order valence-electron chi connectivity index (χ4n) is 3.24. The van der Waals surface area contributed by atoms with Crippen molar-refractivity contribution in [3.63, 3.8) is 0 Å². The molecular weight excluding hydrogens is 300 g/mol. The van der Waals surface area contributed by atoms with E-state index >= 15 is 0 Å². The summed E-state index contributed by atoms with van der Waals surface area (Å²) in [7, 11) is 0. The molecule has 3 heteroatoms. The molecule has 2 unspecified atom stereocenters. The zero-order valence-corrected chi connectivity index (χ0v) is 14.8. The molecule has 1 aromatic rings. The number of ketones is 1. The van der Waals surface area contributed by atoms with Gasteiger partial charge in [0.25, 0.3) is 0 Å². The van der Waals surface area contributed by atoms with E-state index in [0.29, 0.717) is 12.0 Å². The maximum Gasteiger partial charge on any atom is 0.186 e. The van der Waals surface area contributed by atoms with Crippen LogP contribution < -0.4 is 0 Å². The molecule has 0 saturated carbocycles. The number of aliphatic hydroxyl groups is 2. The number of carbonyl (C=O) groups is 1. The summed E-state index contributed by atoms with van der Waals surface area (Å²) in [6.45, 7) is 7.53. The van der Waals surface area contributed by atoms with Crippen molar-refractivity contribution in [1.29, 1.82) is 0 Å². The molecule has 1 aromatic carbocycles. The predicted octanol–water partition coefficient (Wildman–Crippen LogP) is 3.84. The Hall–Kier alpha value is -1.97. The molecule has 0 bridgehead atoms. The highest BCUT2D eigenvalue weighted by atomic mass is 16.3. The molecule has 0 aliphatic heterocycles. The van der Waals surface area contributed by atoms with E-state index < -0.39 is 17.1 Å². The van der Waals surface area contributed by atoms with Gasteiger partial charge in [0, 0.05) is 11.0 Å². The standard InChI is InChI=1S/C21H26O3/c1-15(12-19(23)17-8-6-5-7-9-17)10-11-21(24)16(2)13-18(22)14-20(21,3)4/h5-13,18,22,24H,14H2,1-4H3/b11-10+,15-12+. The average Bonchev–Trinajstić information content (AvgIpc) is 2.51. The lowest BCUT2D eigenvalue weighted by Gasteiger charge is -2.46. The van der Waals surface area contributed by atoms with Gasteiger partial charge in [-0.25, -0.2) is 0 Å². The highest BCUT2D eigenvalue weighted by Crippen LogP contribution is 2.45. The van der Waals surface area contributed by atoms with Gasteiger partial charge in [-0.1, -0.05) is 56.3 Å². The second-order valence-corrected chi connectivity index (χ2v) is 7.22. The number of benzene rings is 1. The minimum absolute atomic E-state index is 0.0599. The molecular formula is C21H26O3. The maximum absolute atomic E-state index is 12.2. The number of hydrogen-bond acceptors (Lipinski definition) is 3. The topological polar surface area (TPSA) is 57.5 Å². The summed E-state index contributed by atoms with van der Waals surface area (Å²) in [5, 5.41) is 21.0. The monoisotopic (exact) mass is 326 g/mol. The van der Waals surface area contributed by atoms with Gasteiger partial charge in [0.05, 0.1) is 6.10 Å². The molecule has 0 radical (unpaired) electrons. The van der Waals surface area contributed by atoms with E-state index in [1.807, 2.05) is 45.9 Å². The van der Waals surface area contributed by atoms with Crippen molar-refractivity contribution < 1.29 is 15.0 Å². The van der Waals surface area contributed by atoms with Crippen molar-refractivity contribution in [2.75, 3.05) is 0 Å². The van der Waals surface area contributed by atoms with Crippen molar-refractivity contribution in [3.05, 3.63) is 71.3 Å². The van der Waals surface area contributed by atoms with Crippen LogP contribution in [0.4, 0.5) is 0 Å². The van der Waals surface area contributed by atoms with E-state index in [2.05, 4.69) is 0 Å². The van der Waals surface area contributed by atoms with Crippen LogP contribution in [0.25, 0.3) is 0 Å². The Balaban J connectivity index is 2.24. The van der Waals surface area contributed by atoms with E-state index in [4.69, 9.17) is 0 Å². The molecule has 1 aliphatic rings. The van der Waals surface area contributed by atoms with Crippen LogP contribution in [0.2, 0.25) is 0 Å². The first-order valence-corrected chi connectivity index (χ1v) is 8.22. The van der Waals surface area contributed by atoms with Gasteiger partial charge in [0.1, 0.15) is 5.60 Å². The third-order valence-corrected chi connectivity index (χ3v) is 4.80. The number of hydrogen-bond donors (Lipinski definition) is 2. The Morgan fingerprint density at radius 2 is 1.88 bits per heavy atom. The largest absolute Gasteiger partial charge is 0.389 e. The Morgan fingerprint density at radius 1 is 1.25 bits per heavy atom. The van der Waals surface area contributed by atoms with Gasteiger partial charge in [-0.3, -0.25) is 4.79 Å². The van der Waals surface area contributed by atoms with Crippen LogP contribution >= 0.6 is 0 Å². The molecule has 1 aliphatic carbocycles. The molecule has 0 spiro atoms. The average molecular weight is 326 g/mol. The lowest BCUT2D eigenvalue weighted by atomic mass is 9.64. The summed E-state index contributed by atoms with van der Waals surface area (Å²) < 4.78 is 0. The Bertz CT molecular complexity index is 695. The normalized spacial score (nSPS) is 27.2. The number of rotatable bonds is 4. The summed E-state index contributed by atoms with van der Waals surface area (Å²) in [6, 6.07) is 9.10. The molecule has 2 N–H and O–H groups in total. The molecule has 0 fully saturated rings. The Kier molecular flexibility index (Phi) is 5.26. The lowest BCUT2D eigenvalue weighted by molar-refractivity contribution is -0.0292. The van der Waals surface area contributed by atoms with Crippen LogP contribution in [-0.2, 0) is 0 Å². The number of carbonyl (C=O) groups excluding carboxylic acids is 1. The molecule has 2 rings (SSSR count). The first-order chi connectivity index (χ1) is 11.2. The second kappa shape index (κ2) is 6.88. The van der Waals surface area contributed by atoms with Gasteiger partial charge < -0.3 is 10.2 Å². The van der Waals surface area contributed by atoms with Gasteiger partial charge >= 0.3 is 0 Å². The lowest BCUT2D eigenvalue weighted by Crippen LogP contribution is -2.48. The van der Waals surface area contributed by atoms with Crippen LogP contribution in [0, 0.1) is 5.41 Å². The van der Waals surface area contributed by atoms with Crippen molar-refractivity contribution in [2.45, 2.75) is 45.8 Å². The molecule has 24 heavy (non-hydrogen) atoms. The quantitative estimate of drug-likeness (QED) is 0.382. The summed E-state index contributed by atoms with van der Waals surface area (Å²) in [5.74, 6) is -0.0599. The van der Waals surface area contributed by atoms with E-state index in [9.17, 15) is 15.0 Å². The van der Waals surface area contributed by atoms with Crippen LogP contribution in [0.1, 0.15) is 44.5 Å². The molecule has 0 heterocycles. The Labute approximate surface area is 144 Å². The molecule has 0 saturated heterocycles. The highest BCUT2D eigenvalue weighted by molar-refractivity contribution is 6.05. The van der Waals surface area contributed by atoms with Gasteiger partial charge in [0.2, 0.25) is 0 Å². The van der Waals surface area contributed by atoms with Crippen LogP contribution in [0.3, 0.4) is 0 Å². The van der Waals surface area contributed by atoms with E-state index in [1.54, 1.807) is 36.4 Å². The third kappa shape index (κ3) is 3.74. The zero-order chi connectivity index (χ0) is 18.0. The SMILES string of the molecule is CC1=CC(O)CC(C)(C)C1(O)/C=C/C(C)=C/C(=O)c1ccccc1. The summed E-state index contributed by atoms with van der Waals surface area (Å²) >= 11 is 0. The van der Waals surface area contributed by atoms with E-state index in [1.165, 1.54) is 0 Å². The number of aliphatic hydroxyl groups excluding tert-OH is 1. The molecule has 128 valence electrons. The second-order valence-electron chi connectivity index (χ2n) is 7.22. The van der Waals surface area contributed by atoms with Crippen LogP contribution in [0.15, 0.2) is 65.8 Å². The molecule has 0 amide bonds. The predicted molar refractivity (Wildman–Crippen MR) is 96.8 cm³/mol. The fraction of sp³-hybridized carbons (Fsp3) is 0.381. The van der Waals surface area contributed by atoms with Crippen molar-refractivity contribution >= 4 is 5.78 Å². The van der Waals surface area contributed by atoms with Gasteiger partial charge in [0.15, 0.2) is 5.78 Å². The van der Waals surface area contributed by atoms with E-state index in [-0.39, 0.29) is 5.78 Å². The van der Waals surface area contributed by atoms with Crippen LogP contribution in [0.5, 0.6) is 0 Å². The number of allylic oxidation sites excluding steroid dienone is 3. The maximum atomic E-state index is 12.2. The van der Waals surface area contributed by atoms with Crippen molar-refractivity contribution in [3.8, 4) is 0 Å². The van der Waals surface area contributed by atoms with Gasteiger partial charge in [-0.05, 0) is 43.6 Å². The van der Waals surface area contributed by atoms with E-state index in [0.717, 1.165) is 11.1 Å². The van der Waals surface area contributed by atoms with Gasteiger partial charge in [-0.15, -0.1) is 0 Å². The molecule has 0 aromatic heterocycles. The zero-order valence-electron chi connectivity index (χ0n) is 14.8. The first-order valence-electron chi connectivity index (χ1n) is 8.22. The Morgan fingerprint density at radius 3 is 2.46 bits per heavy atom. The smallest absolute Gasteiger partial charge is 0.186 e.